The van der Waals surface area contributed by atoms with Gasteiger partial charge in [-0.1, -0.05) is 18.2 Å². The van der Waals surface area contributed by atoms with Crippen LogP contribution in [0.5, 0.6) is 17.2 Å². The monoisotopic (exact) mass is 514 g/mol. The Balaban J connectivity index is 1.65. The van der Waals surface area contributed by atoms with E-state index in [2.05, 4.69) is 38.0 Å². The molecule has 0 unspecified atom stereocenters. The van der Waals surface area contributed by atoms with E-state index in [0.29, 0.717) is 22.9 Å². The first-order chi connectivity index (χ1) is 13.8. The molecule has 0 aliphatic carbocycles. The van der Waals surface area contributed by atoms with E-state index in [-0.39, 0.29) is 5.75 Å². The van der Waals surface area contributed by atoms with Gasteiger partial charge in [0.15, 0.2) is 5.75 Å². The number of para-hydroxylation sites is 2. The number of hydrogen-bond acceptors (Lipinski definition) is 3. The summed E-state index contributed by atoms with van der Waals surface area (Å²) in [7, 11) is 0. The van der Waals surface area contributed by atoms with Gasteiger partial charge in [-0.25, -0.2) is 4.79 Å². The van der Waals surface area contributed by atoms with Gasteiger partial charge < -0.3 is 20.1 Å². The lowest BCUT2D eigenvalue weighted by Crippen LogP contribution is -2.20. The van der Waals surface area contributed by atoms with Gasteiger partial charge in [-0.05, 0) is 77.2 Å². The van der Waals surface area contributed by atoms with Crippen LogP contribution in [0, 0.1) is 3.57 Å². The second-order valence-corrected chi connectivity index (χ2v) is 6.95. The molecule has 0 aromatic heterocycles. The van der Waals surface area contributed by atoms with Gasteiger partial charge in [0, 0.05) is 9.26 Å². The average Bonchev–Trinajstić information content (AvgIpc) is 2.64. The highest BCUT2D eigenvalue weighted by Crippen LogP contribution is 2.30. The maximum absolute atomic E-state index is 12.3. The molecule has 0 bridgehead atoms. The Morgan fingerprint density at radius 1 is 0.862 bits per heavy atom. The summed E-state index contributed by atoms with van der Waals surface area (Å²) in [6.07, 6.45) is -4.77. The number of anilines is 2. The molecule has 0 heterocycles. The van der Waals surface area contributed by atoms with Crippen molar-refractivity contribution < 1.29 is 27.4 Å². The van der Waals surface area contributed by atoms with Crippen LogP contribution < -0.4 is 20.1 Å². The molecule has 3 aromatic rings. The number of carbonyl (C=O) groups is 1. The summed E-state index contributed by atoms with van der Waals surface area (Å²) in [4.78, 5) is 12.3. The first kappa shape index (κ1) is 20.8. The lowest BCUT2D eigenvalue weighted by atomic mass is 10.3. The number of urea groups is 1. The summed E-state index contributed by atoms with van der Waals surface area (Å²) in [6, 6.07) is 18.5. The lowest BCUT2D eigenvalue weighted by molar-refractivity contribution is -0.274. The van der Waals surface area contributed by atoms with Crippen molar-refractivity contribution in [3.8, 4) is 17.2 Å². The number of carbonyl (C=O) groups excluding carboxylic acids is 1. The SMILES string of the molecule is O=C(Nc1ccc(OC(F)(F)F)cc1)Nc1ccccc1Oc1cccc(I)c1. The fraction of sp³-hybridized carbons (Fsp3) is 0.0500. The van der Waals surface area contributed by atoms with E-state index >= 15 is 0 Å². The highest BCUT2D eigenvalue weighted by Gasteiger charge is 2.30. The van der Waals surface area contributed by atoms with Gasteiger partial charge in [0.1, 0.15) is 11.5 Å². The zero-order valence-electron chi connectivity index (χ0n) is 14.7. The Labute approximate surface area is 178 Å². The van der Waals surface area contributed by atoms with Crippen LogP contribution in [0.1, 0.15) is 0 Å². The molecule has 0 saturated carbocycles. The molecule has 3 rings (SSSR count). The molecule has 3 aromatic carbocycles. The minimum atomic E-state index is -4.77. The second-order valence-electron chi connectivity index (χ2n) is 5.71. The maximum Gasteiger partial charge on any atom is 0.573 e. The first-order valence-electron chi connectivity index (χ1n) is 8.25. The molecule has 150 valence electrons. The predicted octanol–water partition coefficient (Wildman–Crippen LogP) is 6.63. The highest BCUT2D eigenvalue weighted by atomic mass is 127. The van der Waals surface area contributed by atoms with Crippen molar-refractivity contribution in [1.29, 1.82) is 0 Å². The molecule has 0 aliphatic rings. The third-order valence-corrected chi connectivity index (χ3v) is 4.18. The number of alkyl halides is 3. The van der Waals surface area contributed by atoms with Gasteiger partial charge >= 0.3 is 12.4 Å². The second kappa shape index (κ2) is 9.03. The van der Waals surface area contributed by atoms with Crippen molar-refractivity contribution in [2.24, 2.45) is 0 Å². The standard InChI is InChI=1S/C20H14F3IN2O3/c21-20(22,23)29-15-10-8-14(9-11-15)25-19(27)26-17-6-1-2-7-18(17)28-16-5-3-4-13(24)12-16/h1-12H,(H2,25,26,27). The van der Waals surface area contributed by atoms with Gasteiger partial charge in [0.05, 0.1) is 5.69 Å². The highest BCUT2D eigenvalue weighted by molar-refractivity contribution is 14.1. The zero-order valence-corrected chi connectivity index (χ0v) is 16.8. The number of rotatable bonds is 5. The van der Waals surface area contributed by atoms with Gasteiger partial charge in [-0.2, -0.15) is 0 Å². The molecule has 2 amide bonds. The summed E-state index contributed by atoms with van der Waals surface area (Å²) < 4.78 is 47.2. The molecule has 5 nitrogen and oxygen atoms in total. The Morgan fingerprint density at radius 3 is 2.28 bits per heavy atom. The van der Waals surface area contributed by atoms with E-state index in [0.717, 1.165) is 15.7 Å². The van der Waals surface area contributed by atoms with Crippen molar-refractivity contribution in [2.45, 2.75) is 6.36 Å². The summed E-state index contributed by atoms with van der Waals surface area (Å²) in [5.74, 6) is 0.685. The minimum absolute atomic E-state index is 0.299. The molecule has 29 heavy (non-hydrogen) atoms. The van der Waals surface area contributed by atoms with E-state index in [1.54, 1.807) is 30.3 Å². The minimum Gasteiger partial charge on any atom is -0.455 e. The Morgan fingerprint density at radius 2 is 1.59 bits per heavy atom. The predicted molar refractivity (Wildman–Crippen MR) is 111 cm³/mol. The molecule has 0 fully saturated rings. The number of hydrogen-bond donors (Lipinski definition) is 2. The number of benzene rings is 3. The molecule has 9 heteroatoms. The fourth-order valence-electron chi connectivity index (χ4n) is 2.34. The number of ether oxygens (including phenoxy) is 2. The molecule has 0 saturated heterocycles. The normalized spacial score (nSPS) is 10.9. The smallest absolute Gasteiger partial charge is 0.455 e. The van der Waals surface area contributed by atoms with Crippen LogP contribution in [0.2, 0.25) is 0 Å². The van der Waals surface area contributed by atoms with E-state index in [4.69, 9.17) is 4.74 Å². The number of amides is 2. The van der Waals surface area contributed by atoms with Crippen LogP contribution >= 0.6 is 22.6 Å². The summed E-state index contributed by atoms with van der Waals surface area (Å²) in [5, 5.41) is 5.20. The number of halogens is 4. The Kier molecular flexibility index (Phi) is 6.47. The van der Waals surface area contributed by atoms with E-state index in [1.165, 1.54) is 12.1 Å². The zero-order chi connectivity index (χ0) is 20.9. The van der Waals surface area contributed by atoms with Crippen molar-refractivity contribution >= 4 is 40.0 Å². The number of nitrogens with one attached hydrogen (secondary N) is 2. The third kappa shape index (κ3) is 6.56. The third-order valence-electron chi connectivity index (χ3n) is 3.50. The van der Waals surface area contributed by atoms with Gasteiger partial charge in [-0.15, -0.1) is 13.2 Å². The van der Waals surface area contributed by atoms with Crippen molar-refractivity contribution in [3.05, 3.63) is 76.4 Å². The van der Waals surface area contributed by atoms with Crippen LogP contribution in [0.3, 0.4) is 0 Å². The quantitative estimate of drug-likeness (QED) is 0.376. The Bertz CT molecular complexity index is 995. The summed E-state index contributed by atoms with van der Waals surface area (Å²) >= 11 is 2.17. The van der Waals surface area contributed by atoms with Crippen LogP contribution in [-0.4, -0.2) is 12.4 Å². The molecule has 0 spiro atoms. The first-order valence-corrected chi connectivity index (χ1v) is 9.33. The van der Waals surface area contributed by atoms with Gasteiger partial charge in [-0.3, -0.25) is 0 Å². The summed E-state index contributed by atoms with van der Waals surface area (Å²) in [6.45, 7) is 0. The van der Waals surface area contributed by atoms with E-state index < -0.39 is 12.4 Å². The molecule has 0 atom stereocenters. The lowest BCUT2D eigenvalue weighted by Gasteiger charge is -2.13. The molecule has 2 N–H and O–H groups in total. The van der Waals surface area contributed by atoms with Crippen molar-refractivity contribution in [1.82, 2.24) is 0 Å². The largest absolute Gasteiger partial charge is 0.573 e. The van der Waals surface area contributed by atoms with E-state index in [1.807, 2.05) is 18.2 Å². The van der Waals surface area contributed by atoms with Crippen molar-refractivity contribution in [2.75, 3.05) is 10.6 Å². The van der Waals surface area contributed by atoms with Crippen molar-refractivity contribution in [3.63, 3.8) is 0 Å². The van der Waals surface area contributed by atoms with Crippen LogP contribution in [-0.2, 0) is 0 Å². The average molecular weight is 514 g/mol. The van der Waals surface area contributed by atoms with Crippen LogP contribution in [0.25, 0.3) is 0 Å². The molecule has 0 aliphatic heterocycles. The summed E-state index contributed by atoms with van der Waals surface area (Å²) in [5.41, 5.74) is 0.730. The molecule has 0 radical (unpaired) electrons. The Hall–Kier alpha value is -2.95. The van der Waals surface area contributed by atoms with Gasteiger partial charge in [0.2, 0.25) is 0 Å². The molecular weight excluding hydrogens is 500 g/mol. The van der Waals surface area contributed by atoms with Gasteiger partial charge in [0.25, 0.3) is 0 Å². The van der Waals surface area contributed by atoms with E-state index in [9.17, 15) is 18.0 Å². The van der Waals surface area contributed by atoms with Crippen LogP contribution in [0.15, 0.2) is 72.8 Å². The maximum atomic E-state index is 12.3. The van der Waals surface area contributed by atoms with Crippen LogP contribution in [0.4, 0.5) is 29.3 Å². The molecular formula is C20H14F3IN2O3. The fourth-order valence-corrected chi connectivity index (χ4v) is 2.86. The topological polar surface area (TPSA) is 59.6 Å².